The molecule has 0 aliphatic rings. The maximum atomic E-state index is 11.8. The fraction of sp³-hybridized carbons (Fsp3) is 0.238. The van der Waals surface area contributed by atoms with E-state index < -0.39 is 4.92 Å². The molecule has 0 bridgehead atoms. The summed E-state index contributed by atoms with van der Waals surface area (Å²) in [4.78, 5) is 20.3. The van der Waals surface area contributed by atoms with Crippen molar-refractivity contribution in [1.82, 2.24) is 9.97 Å². The Balaban J connectivity index is 2.00. The van der Waals surface area contributed by atoms with E-state index in [0.29, 0.717) is 18.9 Å². The molecule has 0 saturated heterocycles. The van der Waals surface area contributed by atoms with Crippen LogP contribution in [0.1, 0.15) is 25.3 Å². The molecule has 2 N–H and O–H groups in total. The van der Waals surface area contributed by atoms with Crippen LogP contribution in [0.3, 0.4) is 0 Å². The van der Waals surface area contributed by atoms with Gasteiger partial charge < -0.3 is 10.6 Å². The van der Waals surface area contributed by atoms with E-state index in [4.69, 9.17) is 0 Å². The fourth-order valence-corrected chi connectivity index (χ4v) is 2.76. The molecule has 144 valence electrons. The summed E-state index contributed by atoms with van der Waals surface area (Å²) in [5.74, 6) is 0.894. The van der Waals surface area contributed by atoms with Gasteiger partial charge >= 0.3 is 5.69 Å². The van der Waals surface area contributed by atoms with Crippen molar-refractivity contribution in [3.63, 3.8) is 0 Å². The first-order valence-electron chi connectivity index (χ1n) is 9.32. The van der Waals surface area contributed by atoms with E-state index in [1.54, 1.807) is 0 Å². The van der Waals surface area contributed by atoms with Crippen molar-refractivity contribution in [1.29, 1.82) is 0 Å². The molecule has 0 fully saturated rings. The van der Waals surface area contributed by atoms with Crippen LogP contribution in [-0.2, 0) is 6.54 Å². The third-order valence-electron chi connectivity index (χ3n) is 4.22. The van der Waals surface area contributed by atoms with Gasteiger partial charge in [0.1, 0.15) is 0 Å². The number of aromatic nitrogens is 2. The average molecular weight is 377 g/mol. The van der Waals surface area contributed by atoms with Gasteiger partial charge in [-0.3, -0.25) is 10.1 Å². The number of nitrogens with zero attached hydrogens (tertiary/aromatic N) is 3. The van der Waals surface area contributed by atoms with Gasteiger partial charge in [-0.1, -0.05) is 74.0 Å². The molecule has 0 atom stereocenters. The van der Waals surface area contributed by atoms with Gasteiger partial charge in [0.05, 0.1) is 4.92 Å². The number of nitrogens with one attached hydrogen (secondary N) is 2. The first kappa shape index (κ1) is 19.3. The third kappa shape index (κ3) is 4.82. The standard InChI is InChI=1S/C21H23N5O2/c1-2-3-14-22-20-18(26(27)28)21(23-15-16-10-6-4-7-11-16)25-19(24-20)17-12-8-5-9-13-17/h4-13H,2-3,14-15H2,1H3,(H2,22,23,24,25). The molecule has 0 aliphatic heterocycles. The third-order valence-corrected chi connectivity index (χ3v) is 4.22. The Hall–Kier alpha value is -3.48. The van der Waals surface area contributed by atoms with Gasteiger partial charge in [-0.25, -0.2) is 9.97 Å². The minimum atomic E-state index is -0.434. The van der Waals surface area contributed by atoms with Crippen molar-refractivity contribution < 1.29 is 4.92 Å². The Labute approximate surface area is 164 Å². The van der Waals surface area contributed by atoms with Crippen LogP contribution in [0.2, 0.25) is 0 Å². The van der Waals surface area contributed by atoms with Crippen LogP contribution in [0.25, 0.3) is 11.4 Å². The van der Waals surface area contributed by atoms with Gasteiger partial charge in [0.25, 0.3) is 0 Å². The highest BCUT2D eigenvalue weighted by Gasteiger charge is 2.25. The number of hydrogen-bond donors (Lipinski definition) is 2. The summed E-state index contributed by atoms with van der Waals surface area (Å²) in [5.41, 5.74) is 1.68. The molecule has 7 nitrogen and oxygen atoms in total. The van der Waals surface area contributed by atoms with E-state index in [0.717, 1.165) is 24.0 Å². The van der Waals surface area contributed by atoms with E-state index in [2.05, 4.69) is 27.5 Å². The second-order valence-corrected chi connectivity index (χ2v) is 6.34. The largest absolute Gasteiger partial charge is 0.364 e. The van der Waals surface area contributed by atoms with Crippen LogP contribution in [0.5, 0.6) is 0 Å². The molecule has 1 aromatic heterocycles. The number of nitro groups is 1. The summed E-state index contributed by atoms with van der Waals surface area (Å²) >= 11 is 0. The van der Waals surface area contributed by atoms with Gasteiger partial charge in [0.15, 0.2) is 5.82 Å². The molecular weight excluding hydrogens is 354 g/mol. The first-order chi connectivity index (χ1) is 13.7. The second-order valence-electron chi connectivity index (χ2n) is 6.34. The van der Waals surface area contributed by atoms with Crippen molar-refractivity contribution >= 4 is 17.3 Å². The summed E-state index contributed by atoms with van der Waals surface area (Å²) < 4.78 is 0. The predicted molar refractivity (Wildman–Crippen MR) is 111 cm³/mol. The maximum Gasteiger partial charge on any atom is 0.353 e. The fourth-order valence-electron chi connectivity index (χ4n) is 2.76. The lowest BCUT2D eigenvalue weighted by Crippen LogP contribution is -2.12. The molecule has 7 heteroatoms. The highest BCUT2D eigenvalue weighted by Crippen LogP contribution is 2.33. The number of rotatable bonds is 9. The normalized spacial score (nSPS) is 10.5. The number of benzene rings is 2. The Morgan fingerprint density at radius 2 is 1.54 bits per heavy atom. The molecule has 0 spiro atoms. The van der Waals surface area contributed by atoms with Crippen LogP contribution in [0, 0.1) is 10.1 Å². The molecule has 2 aromatic carbocycles. The maximum absolute atomic E-state index is 11.8. The number of hydrogen-bond acceptors (Lipinski definition) is 6. The topological polar surface area (TPSA) is 93.0 Å². The van der Waals surface area contributed by atoms with Crippen molar-refractivity contribution in [3.05, 3.63) is 76.3 Å². The van der Waals surface area contributed by atoms with E-state index >= 15 is 0 Å². The summed E-state index contributed by atoms with van der Waals surface area (Å²) in [7, 11) is 0. The molecule has 1 heterocycles. The van der Waals surface area contributed by atoms with Crippen LogP contribution < -0.4 is 10.6 Å². The minimum Gasteiger partial charge on any atom is -0.364 e. The number of unbranched alkanes of at least 4 members (excludes halogenated alkanes) is 1. The monoisotopic (exact) mass is 377 g/mol. The Bertz CT molecular complexity index is 917. The van der Waals surface area contributed by atoms with Crippen molar-refractivity contribution in [3.8, 4) is 11.4 Å². The second kappa shape index (κ2) is 9.45. The molecule has 0 amide bonds. The predicted octanol–water partition coefficient (Wildman–Crippen LogP) is 4.88. The quantitative estimate of drug-likeness (QED) is 0.314. The highest BCUT2D eigenvalue weighted by molar-refractivity contribution is 5.73. The van der Waals surface area contributed by atoms with E-state index in [9.17, 15) is 10.1 Å². The first-order valence-corrected chi connectivity index (χ1v) is 9.32. The van der Waals surface area contributed by atoms with Crippen molar-refractivity contribution in [2.45, 2.75) is 26.3 Å². The minimum absolute atomic E-state index is 0.133. The molecule has 0 saturated carbocycles. The molecule has 3 rings (SSSR count). The van der Waals surface area contributed by atoms with E-state index in [1.807, 2.05) is 60.7 Å². The summed E-state index contributed by atoms with van der Waals surface area (Å²) in [6.45, 7) is 3.11. The van der Waals surface area contributed by atoms with E-state index in [-0.39, 0.29) is 17.3 Å². The molecule has 0 radical (unpaired) electrons. The van der Waals surface area contributed by atoms with Crippen LogP contribution in [0.15, 0.2) is 60.7 Å². The van der Waals surface area contributed by atoms with E-state index in [1.165, 1.54) is 0 Å². The zero-order valence-electron chi connectivity index (χ0n) is 15.8. The number of anilines is 2. The summed E-state index contributed by atoms with van der Waals surface area (Å²) in [6.07, 6.45) is 1.88. The van der Waals surface area contributed by atoms with Crippen molar-refractivity contribution in [2.75, 3.05) is 17.2 Å². The lowest BCUT2D eigenvalue weighted by Gasteiger charge is -2.12. The van der Waals surface area contributed by atoms with Crippen LogP contribution >= 0.6 is 0 Å². The molecular formula is C21H23N5O2. The summed E-state index contributed by atoms with van der Waals surface area (Å²) in [5, 5.41) is 18.0. The lowest BCUT2D eigenvalue weighted by molar-refractivity contribution is -0.383. The zero-order valence-corrected chi connectivity index (χ0v) is 15.8. The zero-order chi connectivity index (χ0) is 19.8. The van der Waals surface area contributed by atoms with Crippen LogP contribution in [0.4, 0.5) is 17.3 Å². The molecule has 0 aliphatic carbocycles. The molecule has 28 heavy (non-hydrogen) atoms. The summed E-state index contributed by atoms with van der Waals surface area (Å²) in [6, 6.07) is 19.2. The van der Waals surface area contributed by atoms with Gasteiger partial charge in [0, 0.05) is 18.7 Å². The van der Waals surface area contributed by atoms with Gasteiger partial charge in [-0.15, -0.1) is 0 Å². The lowest BCUT2D eigenvalue weighted by atomic mass is 10.2. The smallest absolute Gasteiger partial charge is 0.353 e. The Kier molecular flexibility index (Phi) is 6.51. The average Bonchev–Trinajstić information content (AvgIpc) is 2.73. The highest BCUT2D eigenvalue weighted by atomic mass is 16.6. The Morgan fingerprint density at radius 1 is 0.929 bits per heavy atom. The Morgan fingerprint density at radius 3 is 2.14 bits per heavy atom. The van der Waals surface area contributed by atoms with Gasteiger partial charge in [-0.2, -0.15) is 0 Å². The molecule has 3 aromatic rings. The van der Waals surface area contributed by atoms with Crippen molar-refractivity contribution in [2.24, 2.45) is 0 Å². The SMILES string of the molecule is CCCCNc1nc(-c2ccccc2)nc(NCc2ccccc2)c1[N+](=O)[O-]. The van der Waals surface area contributed by atoms with Crippen LogP contribution in [-0.4, -0.2) is 21.4 Å². The van der Waals surface area contributed by atoms with Gasteiger partial charge in [0.2, 0.25) is 11.6 Å². The molecule has 0 unspecified atom stereocenters. The van der Waals surface area contributed by atoms with Gasteiger partial charge in [-0.05, 0) is 12.0 Å².